The van der Waals surface area contributed by atoms with Crippen LogP contribution in [0.4, 0.5) is 0 Å². The summed E-state index contributed by atoms with van der Waals surface area (Å²) in [6.45, 7) is 2.36. The number of cyclic esters (lactones) is 1. The van der Waals surface area contributed by atoms with E-state index in [0.717, 1.165) is 5.92 Å². The van der Waals surface area contributed by atoms with Gasteiger partial charge in [0.05, 0.1) is 5.57 Å². The minimum atomic E-state index is -0.423. The maximum absolute atomic E-state index is 11.7. The number of halogens is 1. The summed E-state index contributed by atoms with van der Waals surface area (Å²) in [6, 6.07) is 0.531. The van der Waals surface area contributed by atoms with E-state index in [2.05, 4.69) is 27.8 Å². The molecule has 0 amide bonds. The lowest BCUT2D eigenvalue weighted by molar-refractivity contribution is -0.135. The van der Waals surface area contributed by atoms with Crippen LogP contribution in [-0.4, -0.2) is 36.9 Å². The van der Waals surface area contributed by atoms with Gasteiger partial charge in [0.1, 0.15) is 12.9 Å². The third-order valence-corrected chi connectivity index (χ3v) is 6.12. The molecule has 1 heterocycles. The predicted octanol–water partition coefficient (Wildman–Crippen LogP) is 3.18. The van der Waals surface area contributed by atoms with Gasteiger partial charge >= 0.3 is 5.97 Å². The summed E-state index contributed by atoms with van der Waals surface area (Å²) >= 11 is 3.43. The molecule has 22 heavy (non-hydrogen) atoms. The number of hydrogen-bond donors (Lipinski definition) is 0. The largest absolute Gasteiger partial charge is 0.457 e. The molecular weight excluding hydrogens is 346 g/mol. The highest BCUT2D eigenvalue weighted by molar-refractivity contribution is 9.12. The lowest BCUT2D eigenvalue weighted by Gasteiger charge is -2.59. The van der Waals surface area contributed by atoms with Crippen LogP contribution < -0.4 is 0 Å². The van der Waals surface area contributed by atoms with Crippen molar-refractivity contribution in [2.45, 2.75) is 45.1 Å². The molecule has 1 aliphatic heterocycles. The summed E-state index contributed by atoms with van der Waals surface area (Å²) in [6.07, 6.45) is 9.16. The van der Waals surface area contributed by atoms with Crippen molar-refractivity contribution in [2.75, 3.05) is 13.7 Å². The van der Waals surface area contributed by atoms with E-state index >= 15 is 0 Å². The quantitative estimate of drug-likeness (QED) is 0.553. The van der Waals surface area contributed by atoms with Gasteiger partial charge in [-0.15, -0.1) is 0 Å². The highest BCUT2D eigenvalue weighted by Crippen LogP contribution is 2.60. The van der Waals surface area contributed by atoms with Crippen molar-refractivity contribution in [3.05, 3.63) is 21.8 Å². The minimum Gasteiger partial charge on any atom is -0.457 e. The second kappa shape index (κ2) is 5.84. The Balaban J connectivity index is 1.61. The lowest BCUT2D eigenvalue weighted by Crippen LogP contribution is -2.54. The highest BCUT2D eigenvalue weighted by atomic mass is 79.9. The third-order valence-electron chi connectivity index (χ3n) is 5.52. The Bertz CT molecular complexity index is 552. The summed E-state index contributed by atoms with van der Waals surface area (Å²) < 4.78 is 5.56. The van der Waals surface area contributed by atoms with Gasteiger partial charge in [0.15, 0.2) is 0 Å². The molecule has 0 unspecified atom stereocenters. The average Bonchev–Trinajstić information content (AvgIpc) is 2.77. The fourth-order valence-corrected chi connectivity index (χ4v) is 4.87. The Morgan fingerprint density at radius 2 is 2.09 bits per heavy atom. The van der Waals surface area contributed by atoms with E-state index < -0.39 is 5.97 Å². The smallest absolute Gasteiger partial charge is 0.340 e. The van der Waals surface area contributed by atoms with Gasteiger partial charge in [-0.05, 0) is 52.9 Å². The third kappa shape index (κ3) is 2.64. The molecule has 0 atom stereocenters. The summed E-state index contributed by atoms with van der Waals surface area (Å²) in [5, 5.41) is 0. The number of rotatable bonds is 5. The molecule has 0 N–H and O–H groups in total. The maximum Gasteiger partial charge on any atom is 0.340 e. The number of carbonyl (C=O) groups excluding carboxylic acids is 2. The first-order chi connectivity index (χ1) is 10.5. The van der Waals surface area contributed by atoms with Gasteiger partial charge < -0.3 is 9.64 Å². The number of hydrogen-bond acceptors (Lipinski definition) is 4. The number of carbonyl (C=O) groups is 2. The molecule has 0 radical (unpaired) electrons. The molecule has 3 rings (SSSR count). The molecule has 0 saturated heterocycles. The Morgan fingerprint density at radius 3 is 2.68 bits per heavy atom. The van der Waals surface area contributed by atoms with Crippen molar-refractivity contribution in [1.82, 2.24) is 4.90 Å². The van der Waals surface area contributed by atoms with Crippen molar-refractivity contribution in [3.63, 3.8) is 0 Å². The first-order valence-electron chi connectivity index (χ1n) is 7.93. The molecule has 2 aliphatic carbocycles. The zero-order chi connectivity index (χ0) is 15.9. The minimum absolute atomic E-state index is 0.0786. The van der Waals surface area contributed by atoms with E-state index in [1.807, 2.05) is 13.2 Å². The first kappa shape index (κ1) is 15.8. The van der Waals surface area contributed by atoms with E-state index in [1.54, 1.807) is 0 Å². The van der Waals surface area contributed by atoms with Crippen LogP contribution in [0.25, 0.3) is 0 Å². The summed E-state index contributed by atoms with van der Waals surface area (Å²) in [5.74, 6) is 0.510. The molecular formula is C17H22BrNO3. The van der Waals surface area contributed by atoms with Crippen molar-refractivity contribution in [2.24, 2.45) is 11.3 Å². The molecule has 5 heteroatoms. The normalized spacial score (nSPS) is 34.3. The van der Waals surface area contributed by atoms with E-state index in [1.165, 1.54) is 32.1 Å². The molecule has 0 bridgehead atoms. The van der Waals surface area contributed by atoms with Crippen LogP contribution in [0.5, 0.6) is 0 Å². The molecule has 4 nitrogen and oxygen atoms in total. The maximum atomic E-state index is 11.7. The molecule has 0 aromatic heterocycles. The zero-order valence-corrected chi connectivity index (χ0v) is 14.7. The zero-order valence-electron chi connectivity index (χ0n) is 13.1. The molecule has 0 aromatic rings. The van der Waals surface area contributed by atoms with Crippen LogP contribution in [0.1, 0.15) is 39.0 Å². The Hall–Kier alpha value is -1.10. The summed E-state index contributed by atoms with van der Waals surface area (Å²) in [7, 11) is 2.04. The first-order valence-corrected chi connectivity index (χ1v) is 8.72. The van der Waals surface area contributed by atoms with Crippen LogP contribution in [0.3, 0.4) is 0 Å². The van der Waals surface area contributed by atoms with Crippen molar-refractivity contribution < 1.29 is 14.3 Å². The number of ether oxygens (including phenoxy) is 1. The predicted molar refractivity (Wildman–Crippen MR) is 87.3 cm³/mol. The molecule has 1 spiro atoms. The average molecular weight is 368 g/mol. The number of aldehydes is 1. The fourth-order valence-electron chi connectivity index (χ4n) is 4.13. The van der Waals surface area contributed by atoms with Gasteiger partial charge in [-0.25, -0.2) is 4.79 Å². The van der Waals surface area contributed by atoms with Crippen LogP contribution in [0.2, 0.25) is 0 Å². The summed E-state index contributed by atoms with van der Waals surface area (Å²) in [4.78, 5) is 24.9. The Labute approximate surface area is 139 Å². The van der Waals surface area contributed by atoms with Gasteiger partial charge in [0.25, 0.3) is 0 Å². The molecule has 2 fully saturated rings. The fraction of sp³-hybridized carbons (Fsp3) is 0.647. The second-order valence-corrected chi connectivity index (χ2v) is 7.84. The van der Waals surface area contributed by atoms with Gasteiger partial charge in [-0.3, -0.25) is 4.79 Å². The van der Waals surface area contributed by atoms with Crippen molar-refractivity contribution >= 4 is 28.2 Å². The molecule has 3 aliphatic rings. The molecule has 0 aromatic carbocycles. The topological polar surface area (TPSA) is 46.6 Å². The van der Waals surface area contributed by atoms with E-state index in [4.69, 9.17) is 4.74 Å². The van der Waals surface area contributed by atoms with Crippen LogP contribution in [0.15, 0.2) is 21.8 Å². The van der Waals surface area contributed by atoms with Crippen LogP contribution >= 0.6 is 15.9 Å². The van der Waals surface area contributed by atoms with Gasteiger partial charge in [0, 0.05) is 29.3 Å². The molecule has 2 saturated carbocycles. The van der Waals surface area contributed by atoms with E-state index in [0.29, 0.717) is 33.4 Å². The van der Waals surface area contributed by atoms with E-state index in [9.17, 15) is 9.59 Å². The SMILES string of the molecule is CCC1CC2(C1)CC(N(C)/C=C(/Br)C1=C(C=O)COC1=O)C2. The Morgan fingerprint density at radius 1 is 1.41 bits per heavy atom. The van der Waals surface area contributed by atoms with E-state index in [-0.39, 0.29) is 6.61 Å². The second-order valence-electron chi connectivity index (χ2n) is 6.98. The summed E-state index contributed by atoms with van der Waals surface area (Å²) in [5.41, 5.74) is 1.38. The number of esters is 1. The highest BCUT2D eigenvalue weighted by Gasteiger charge is 2.52. The van der Waals surface area contributed by atoms with Gasteiger partial charge in [-0.2, -0.15) is 0 Å². The Kier molecular flexibility index (Phi) is 4.19. The lowest BCUT2D eigenvalue weighted by atomic mass is 9.49. The monoisotopic (exact) mass is 367 g/mol. The van der Waals surface area contributed by atoms with Gasteiger partial charge in [0.2, 0.25) is 0 Å². The van der Waals surface area contributed by atoms with Crippen molar-refractivity contribution in [3.8, 4) is 0 Å². The molecule has 120 valence electrons. The van der Waals surface area contributed by atoms with Crippen LogP contribution in [0, 0.1) is 11.3 Å². The van der Waals surface area contributed by atoms with Crippen molar-refractivity contribution in [1.29, 1.82) is 0 Å². The number of nitrogens with zero attached hydrogens (tertiary/aromatic N) is 1. The standard InChI is InChI=1S/C17H22BrNO3/c1-3-11-4-17(5-11)6-13(7-17)19(2)8-14(18)15-12(9-20)10-22-16(15)21/h8-9,11,13H,3-7,10H2,1-2H3/b14-8+. The van der Waals surface area contributed by atoms with Crippen LogP contribution in [-0.2, 0) is 14.3 Å². The van der Waals surface area contributed by atoms with Gasteiger partial charge in [-0.1, -0.05) is 13.3 Å².